The normalized spacial score (nSPS) is 17.7. The molecule has 1 aromatic heterocycles. The molecule has 2 heterocycles. The maximum absolute atomic E-state index is 11.3. The van der Waals surface area contributed by atoms with E-state index in [9.17, 15) is 4.79 Å². The smallest absolute Gasteiger partial charge is 0.152 e. The Kier molecular flexibility index (Phi) is 5.06. The summed E-state index contributed by atoms with van der Waals surface area (Å²) in [5.41, 5.74) is 1.73. The molecular formula is C16H14BrClN2OS. The van der Waals surface area contributed by atoms with Gasteiger partial charge in [0.1, 0.15) is 0 Å². The van der Waals surface area contributed by atoms with Crippen LogP contribution in [0.15, 0.2) is 46.0 Å². The van der Waals surface area contributed by atoms with E-state index in [0.717, 1.165) is 46.5 Å². The van der Waals surface area contributed by atoms with Gasteiger partial charge in [-0.05, 0) is 36.8 Å². The number of benzene rings is 1. The van der Waals surface area contributed by atoms with Crippen LogP contribution >= 0.6 is 39.3 Å². The van der Waals surface area contributed by atoms with Crippen LogP contribution in [0.3, 0.4) is 0 Å². The third-order valence-corrected chi connectivity index (χ3v) is 5.51. The zero-order valence-corrected chi connectivity index (χ0v) is 14.9. The molecule has 1 atom stereocenters. The van der Waals surface area contributed by atoms with Gasteiger partial charge < -0.3 is 4.90 Å². The number of nitrogens with zero attached hydrogens (tertiary/aromatic N) is 2. The molecule has 22 heavy (non-hydrogen) atoms. The van der Waals surface area contributed by atoms with Crippen LogP contribution in [0.5, 0.6) is 0 Å². The molecule has 6 heteroatoms. The molecule has 0 saturated carbocycles. The van der Waals surface area contributed by atoms with Gasteiger partial charge in [-0.1, -0.05) is 27.5 Å². The number of thioether (sulfide) groups is 1. The van der Waals surface area contributed by atoms with E-state index in [0.29, 0.717) is 10.3 Å². The number of pyridine rings is 1. The van der Waals surface area contributed by atoms with E-state index in [1.54, 1.807) is 18.0 Å². The number of aldehydes is 1. The van der Waals surface area contributed by atoms with Crippen molar-refractivity contribution in [1.82, 2.24) is 4.98 Å². The lowest BCUT2D eigenvalue weighted by Crippen LogP contribution is -2.21. The van der Waals surface area contributed by atoms with E-state index in [4.69, 9.17) is 11.6 Å². The topological polar surface area (TPSA) is 33.2 Å². The van der Waals surface area contributed by atoms with Crippen LogP contribution < -0.4 is 4.90 Å². The van der Waals surface area contributed by atoms with E-state index in [1.807, 2.05) is 30.3 Å². The van der Waals surface area contributed by atoms with Crippen molar-refractivity contribution in [2.24, 2.45) is 0 Å². The molecule has 0 bridgehead atoms. The largest absolute Gasteiger partial charge is 0.370 e. The highest BCUT2D eigenvalue weighted by molar-refractivity contribution is 9.10. The number of carbonyl (C=O) groups is 1. The lowest BCUT2D eigenvalue weighted by molar-refractivity contribution is 0.112. The fourth-order valence-electron chi connectivity index (χ4n) is 2.55. The van der Waals surface area contributed by atoms with E-state index < -0.39 is 0 Å². The van der Waals surface area contributed by atoms with Crippen molar-refractivity contribution in [3.8, 4) is 0 Å². The molecule has 1 aromatic carbocycles. The van der Waals surface area contributed by atoms with Crippen molar-refractivity contribution in [2.75, 3.05) is 18.0 Å². The molecule has 1 aliphatic heterocycles. The Morgan fingerprint density at radius 3 is 2.95 bits per heavy atom. The Labute approximate surface area is 147 Å². The van der Waals surface area contributed by atoms with Gasteiger partial charge in [0.25, 0.3) is 0 Å². The van der Waals surface area contributed by atoms with Crippen molar-refractivity contribution >= 4 is 51.3 Å². The van der Waals surface area contributed by atoms with Gasteiger partial charge in [0, 0.05) is 40.3 Å². The van der Waals surface area contributed by atoms with Gasteiger partial charge in [-0.2, -0.15) is 0 Å². The molecule has 0 N–H and O–H groups in total. The second-order valence-electron chi connectivity index (χ2n) is 5.11. The molecule has 0 amide bonds. The number of carbonyl (C=O) groups excluding carboxylic acids is 1. The quantitative estimate of drug-likeness (QED) is 0.701. The number of hydrogen-bond donors (Lipinski definition) is 0. The average Bonchev–Trinajstić information content (AvgIpc) is 2.97. The van der Waals surface area contributed by atoms with Crippen molar-refractivity contribution < 1.29 is 4.79 Å². The zero-order chi connectivity index (χ0) is 15.5. The summed E-state index contributed by atoms with van der Waals surface area (Å²) in [7, 11) is 0. The summed E-state index contributed by atoms with van der Waals surface area (Å²) in [6.45, 7) is 1.87. The standard InChI is InChI=1S/C16H14BrClN2OS/c17-12-1-3-15(11(7-12)10-21)20-6-5-14(9-20)22-16-4-2-13(18)8-19-16/h1-4,7-8,10,14H,5-6,9H2/t14-/m0/s1. The Morgan fingerprint density at radius 1 is 1.36 bits per heavy atom. The predicted molar refractivity (Wildman–Crippen MR) is 95.3 cm³/mol. The van der Waals surface area contributed by atoms with Gasteiger partial charge in [0.2, 0.25) is 0 Å². The van der Waals surface area contributed by atoms with Crippen LogP contribution in [0.1, 0.15) is 16.8 Å². The summed E-state index contributed by atoms with van der Waals surface area (Å²) in [5.74, 6) is 0. The third kappa shape index (κ3) is 3.65. The van der Waals surface area contributed by atoms with Crippen LogP contribution in [0.2, 0.25) is 5.02 Å². The zero-order valence-electron chi connectivity index (χ0n) is 11.7. The summed E-state index contributed by atoms with van der Waals surface area (Å²) in [4.78, 5) is 17.9. The minimum Gasteiger partial charge on any atom is -0.370 e. The monoisotopic (exact) mass is 396 g/mol. The maximum atomic E-state index is 11.3. The molecule has 0 spiro atoms. The SMILES string of the molecule is O=Cc1cc(Br)ccc1N1CC[C@H](Sc2ccc(Cl)cn2)C1. The summed E-state index contributed by atoms with van der Waals surface area (Å²) in [6.07, 6.45) is 3.67. The highest BCUT2D eigenvalue weighted by Crippen LogP contribution is 2.33. The first-order valence-corrected chi connectivity index (χ1v) is 8.98. The van der Waals surface area contributed by atoms with Gasteiger partial charge >= 0.3 is 0 Å². The van der Waals surface area contributed by atoms with Crippen molar-refractivity contribution in [3.05, 3.63) is 51.6 Å². The number of anilines is 1. The molecule has 0 unspecified atom stereocenters. The van der Waals surface area contributed by atoms with Crippen molar-refractivity contribution in [1.29, 1.82) is 0 Å². The molecule has 1 aliphatic rings. The van der Waals surface area contributed by atoms with Gasteiger partial charge in [0.15, 0.2) is 6.29 Å². The maximum Gasteiger partial charge on any atom is 0.152 e. The molecule has 3 rings (SSSR count). The number of aromatic nitrogens is 1. The Balaban J connectivity index is 1.69. The van der Waals surface area contributed by atoms with Crippen LogP contribution in [0, 0.1) is 0 Å². The Morgan fingerprint density at radius 2 is 2.23 bits per heavy atom. The highest BCUT2D eigenvalue weighted by Gasteiger charge is 2.25. The molecule has 1 fully saturated rings. The average molecular weight is 398 g/mol. The summed E-state index contributed by atoms with van der Waals surface area (Å²) >= 11 is 11.0. The number of hydrogen-bond acceptors (Lipinski definition) is 4. The second kappa shape index (κ2) is 7.02. The van der Waals surface area contributed by atoms with E-state index >= 15 is 0 Å². The molecule has 3 nitrogen and oxygen atoms in total. The minimum absolute atomic E-state index is 0.469. The van der Waals surface area contributed by atoms with E-state index in [1.165, 1.54) is 0 Å². The number of halogens is 2. The first-order valence-electron chi connectivity index (χ1n) is 6.93. The van der Waals surface area contributed by atoms with Crippen LogP contribution in [-0.2, 0) is 0 Å². The van der Waals surface area contributed by atoms with Crippen LogP contribution in [0.25, 0.3) is 0 Å². The fraction of sp³-hybridized carbons (Fsp3) is 0.250. The van der Waals surface area contributed by atoms with Gasteiger partial charge in [0.05, 0.1) is 10.0 Å². The molecule has 0 radical (unpaired) electrons. The van der Waals surface area contributed by atoms with Crippen LogP contribution in [-0.4, -0.2) is 29.6 Å². The summed E-state index contributed by atoms with van der Waals surface area (Å²) in [5, 5.41) is 2.11. The number of rotatable bonds is 4. The van der Waals surface area contributed by atoms with Crippen LogP contribution in [0.4, 0.5) is 5.69 Å². The predicted octanol–water partition coefficient (Wildman–Crippen LogP) is 4.68. The summed E-state index contributed by atoms with van der Waals surface area (Å²) < 4.78 is 0.925. The van der Waals surface area contributed by atoms with Crippen molar-refractivity contribution in [2.45, 2.75) is 16.7 Å². The van der Waals surface area contributed by atoms with Gasteiger partial charge in [-0.25, -0.2) is 4.98 Å². The lowest BCUT2D eigenvalue weighted by atomic mass is 10.2. The first-order chi connectivity index (χ1) is 10.7. The third-order valence-electron chi connectivity index (χ3n) is 3.59. The van der Waals surface area contributed by atoms with Crippen molar-refractivity contribution in [3.63, 3.8) is 0 Å². The first kappa shape index (κ1) is 15.8. The molecular weight excluding hydrogens is 384 g/mol. The molecule has 0 aliphatic carbocycles. The Hall–Kier alpha value is -1.04. The molecule has 2 aromatic rings. The highest BCUT2D eigenvalue weighted by atomic mass is 79.9. The fourth-order valence-corrected chi connectivity index (χ4v) is 4.12. The molecule has 114 valence electrons. The summed E-state index contributed by atoms with van der Waals surface area (Å²) in [6, 6.07) is 9.66. The van der Waals surface area contributed by atoms with E-state index in [2.05, 4.69) is 25.8 Å². The van der Waals surface area contributed by atoms with Gasteiger partial charge in [-0.3, -0.25) is 4.79 Å². The lowest BCUT2D eigenvalue weighted by Gasteiger charge is -2.20. The minimum atomic E-state index is 0.469. The van der Waals surface area contributed by atoms with Gasteiger partial charge in [-0.15, -0.1) is 11.8 Å². The Bertz CT molecular complexity index is 680. The van der Waals surface area contributed by atoms with E-state index in [-0.39, 0.29) is 0 Å². The second-order valence-corrected chi connectivity index (χ2v) is 7.78. The molecule has 1 saturated heterocycles.